The number of ether oxygens (including phenoxy) is 3. The van der Waals surface area contributed by atoms with Crippen molar-refractivity contribution >= 4 is 29.3 Å². The molecule has 0 radical (unpaired) electrons. The highest BCUT2D eigenvalue weighted by molar-refractivity contribution is 6.31. The van der Waals surface area contributed by atoms with Gasteiger partial charge in [-0.05, 0) is 31.0 Å². The number of carbonyl (C=O) groups is 3. The zero-order chi connectivity index (χ0) is 17.9. The van der Waals surface area contributed by atoms with Crippen LogP contribution in [0.25, 0.3) is 0 Å². The molecule has 0 spiro atoms. The van der Waals surface area contributed by atoms with Crippen LogP contribution in [0.1, 0.15) is 29.6 Å². The van der Waals surface area contributed by atoms with Crippen molar-refractivity contribution in [1.82, 2.24) is 0 Å². The van der Waals surface area contributed by atoms with Crippen molar-refractivity contribution < 1.29 is 28.6 Å². The summed E-state index contributed by atoms with van der Waals surface area (Å²) in [6.07, 6.45) is 1.10. The van der Waals surface area contributed by atoms with E-state index in [0.717, 1.165) is 0 Å². The zero-order valence-electron chi connectivity index (χ0n) is 13.8. The molecule has 1 atom stereocenters. The fourth-order valence-electron chi connectivity index (χ4n) is 3.36. The third kappa shape index (κ3) is 2.86. The molecule has 0 heterocycles. The van der Waals surface area contributed by atoms with E-state index >= 15 is 0 Å². The first-order valence-electron chi connectivity index (χ1n) is 7.47. The Bertz CT molecular complexity index is 653. The summed E-state index contributed by atoms with van der Waals surface area (Å²) >= 11 is 5.98. The lowest BCUT2D eigenvalue weighted by molar-refractivity contribution is -0.171. The van der Waals surface area contributed by atoms with Crippen molar-refractivity contribution in [2.24, 2.45) is 11.3 Å². The number of carbonyl (C=O) groups excluding carboxylic acids is 3. The fraction of sp³-hybridized carbons (Fsp3) is 0.471. The van der Waals surface area contributed by atoms with Crippen LogP contribution in [0.4, 0.5) is 0 Å². The van der Waals surface area contributed by atoms with E-state index in [4.69, 9.17) is 25.8 Å². The summed E-state index contributed by atoms with van der Waals surface area (Å²) in [6.45, 7) is 0. The number of hydrogen-bond donors (Lipinski definition) is 0. The summed E-state index contributed by atoms with van der Waals surface area (Å²) in [7, 11) is 3.81. The Labute approximate surface area is 145 Å². The van der Waals surface area contributed by atoms with Crippen molar-refractivity contribution in [1.29, 1.82) is 0 Å². The Kier molecular flexibility index (Phi) is 5.49. The van der Waals surface area contributed by atoms with Gasteiger partial charge in [0.15, 0.2) is 11.2 Å². The second kappa shape index (κ2) is 7.21. The fourth-order valence-corrected chi connectivity index (χ4v) is 3.53. The van der Waals surface area contributed by atoms with E-state index in [9.17, 15) is 14.4 Å². The minimum Gasteiger partial charge on any atom is -0.496 e. The molecule has 6 nitrogen and oxygen atoms in total. The van der Waals surface area contributed by atoms with Crippen LogP contribution in [0.3, 0.4) is 0 Å². The molecule has 1 aromatic rings. The molecular formula is C17H19ClO6. The van der Waals surface area contributed by atoms with Gasteiger partial charge in [-0.15, -0.1) is 0 Å². The van der Waals surface area contributed by atoms with Gasteiger partial charge in [0.05, 0.1) is 26.9 Å². The Morgan fingerprint density at radius 1 is 1.12 bits per heavy atom. The van der Waals surface area contributed by atoms with Crippen LogP contribution in [0, 0.1) is 11.3 Å². The van der Waals surface area contributed by atoms with Gasteiger partial charge in [0.25, 0.3) is 0 Å². The zero-order valence-corrected chi connectivity index (χ0v) is 14.5. The van der Waals surface area contributed by atoms with Crippen LogP contribution in [-0.4, -0.2) is 39.1 Å². The van der Waals surface area contributed by atoms with E-state index in [1.165, 1.54) is 27.4 Å². The molecule has 0 aliphatic heterocycles. The quantitative estimate of drug-likeness (QED) is 0.459. The van der Waals surface area contributed by atoms with Gasteiger partial charge in [-0.2, -0.15) is 0 Å². The first-order chi connectivity index (χ1) is 11.4. The van der Waals surface area contributed by atoms with Gasteiger partial charge in [-0.1, -0.05) is 18.0 Å². The summed E-state index contributed by atoms with van der Waals surface area (Å²) in [5.74, 6) is -2.45. The number of esters is 2. The molecule has 24 heavy (non-hydrogen) atoms. The van der Waals surface area contributed by atoms with Crippen LogP contribution in [0.2, 0.25) is 5.02 Å². The van der Waals surface area contributed by atoms with Crippen LogP contribution < -0.4 is 4.74 Å². The summed E-state index contributed by atoms with van der Waals surface area (Å²) in [6, 6.07) is 4.64. The predicted octanol–water partition coefficient (Wildman–Crippen LogP) is 2.66. The molecule has 1 aliphatic carbocycles. The van der Waals surface area contributed by atoms with Crippen LogP contribution >= 0.6 is 11.6 Å². The van der Waals surface area contributed by atoms with Crippen molar-refractivity contribution in [3.63, 3.8) is 0 Å². The smallest absolute Gasteiger partial charge is 0.323 e. The first-order valence-corrected chi connectivity index (χ1v) is 7.84. The predicted molar refractivity (Wildman–Crippen MR) is 86.1 cm³/mol. The lowest BCUT2D eigenvalue weighted by atomic mass is 9.74. The molecular weight excluding hydrogens is 336 g/mol. The number of Topliss-reactive ketones (excluding diaryl/α,β-unsaturated/α-hetero) is 1. The lowest BCUT2D eigenvalue weighted by Crippen LogP contribution is -2.47. The molecule has 0 N–H and O–H groups in total. The highest BCUT2D eigenvalue weighted by Crippen LogP contribution is 2.47. The van der Waals surface area contributed by atoms with Gasteiger partial charge in [-0.25, -0.2) is 0 Å². The van der Waals surface area contributed by atoms with Gasteiger partial charge in [0.1, 0.15) is 5.75 Å². The van der Waals surface area contributed by atoms with E-state index in [1.54, 1.807) is 12.1 Å². The first kappa shape index (κ1) is 18.3. The lowest BCUT2D eigenvalue weighted by Gasteiger charge is -2.29. The van der Waals surface area contributed by atoms with Crippen molar-refractivity contribution in [3.05, 3.63) is 28.8 Å². The van der Waals surface area contributed by atoms with E-state index in [2.05, 4.69) is 0 Å². The Morgan fingerprint density at radius 2 is 1.75 bits per heavy atom. The topological polar surface area (TPSA) is 78.9 Å². The molecule has 1 aliphatic rings. The van der Waals surface area contributed by atoms with E-state index in [1.807, 2.05) is 0 Å². The molecule has 0 bridgehead atoms. The van der Waals surface area contributed by atoms with E-state index in [0.29, 0.717) is 23.6 Å². The van der Waals surface area contributed by atoms with Gasteiger partial charge in [0, 0.05) is 10.9 Å². The average Bonchev–Trinajstić information content (AvgIpc) is 3.05. The normalized spacial score (nSPS) is 18.8. The second-order valence-electron chi connectivity index (χ2n) is 5.61. The van der Waals surface area contributed by atoms with Crippen LogP contribution in [-0.2, 0) is 19.1 Å². The molecule has 130 valence electrons. The van der Waals surface area contributed by atoms with Crippen molar-refractivity contribution in [3.8, 4) is 5.75 Å². The van der Waals surface area contributed by atoms with Crippen molar-refractivity contribution in [2.75, 3.05) is 21.3 Å². The average molecular weight is 355 g/mol. The van der Waals surface area contributed by atoms with Gasteiger partial charge in [-0.3, -0.25) is 14.4 Å². The maximum atomic E-state index is 13.1. The number of methoxy groups -OCH3 is 3. The van der Waals surface area contributed by atoms with Gasteiger partial charge >= 0.3 is 11.9 Å². The SMILES string of the molecule is COC(=O)C1(C(=O)OC)CCCC1C(=O)c1cc(Cl)ccc1OC. The summed E-state index contributed by atoms with van der Waals surface area (Å²) in [5.41, 5.74) is -1.40. The molecule has 1 aromatic carbocycles. The maximum Gasteiger partial charge on any atom is 0.323 e. The molecule has 7 heteroatoms. The Balaban J connectivity index is 2.53. The Hall–Kier alpha value is -2.08. The van der Waals surface area contributed by atoms with Gasteiger partial charge < -0.3 is 14.2 Å². The molecule has 0 amide bonds. The monoisotopic (exact) mass is 354 g/mol. The summed E-state index contributed by atoms with van der Waals surface area (Å²) in [4.78, 5) is 37.8. The van der Waals surface area contributed by atoms with Crippen LogP contribution in [0.5, 0.6) is 5.75 Å². The van der Waals surface area contributed by atoms with E-state index < -0.39 is 23.3 Å². The third-order valence-corrected chi connectivity index (χ3v) is 4.74. The third-order valence-electron chi connectivity index (χ3n) is 4.50. The summed E-state index contributed by atoms with van der Waals surface area (Å²) in [5, 5.41) is 0.360. The number of ketones is 1. The number of rotatable bonds is 5. The molecule has 1 fully saturated rings. The Morgan fingerprint density at radius 3 is 2.29 bits per heavy atom. The number of halogens is 1. The number of hydrogen-bond acceptors (Lipinski definition) is 6. The molecule has 2 rings (SSSR count). The minimum absolute atomic E-state index is 0.200. The molecule has 1 saturated carbocycles. The second-order valence-corrected chi connectivity index (χ2v) is 6.04. The molecule has 0 saturated heterocycles. The minimum atomic E-state index is -1.63. The van der Waals surface area contributed by atoms with Gasteiger partial charge in [0.2, 0.25) is 0 Å². The number of benzene rings is 1. The highest BCUT2D eigenvalue weighted by Gasteiger charge is 2.59. The molecule has 1 unspecified atom stereocenters. The standard InChI is InChI=1S/C17H19ClO6/c1-22-13-7-6-10(18)9-11(13)14(19)12-5-4-8-17(12,15(20)23-2)16(21)24-3/h6-7,9,12H,4-5,8H2,1-3H3. The largest absolute Gasteiger partial charge is 0.496 e. The summed E-state index contributed by atoms with van der Waals surface area (Å²) < 4.78 is 14.8. The van der Waals surface area contributed by atoms with E-state index in [-0.39, 0.29) is 17.8 Å². The highest BCUT2D eigenvalue weighted by atomic mass is 35.5. The van der Waals surface area contributed by atoms with Crippen molar-refractivity contribution in [2.45, 2.75) is 19.3 Å². The van der Waals surface area contributed by atoms with Crippen LogP contribution in [0.15, 0.2) is 18.2 Å². The molecule has 0 aromatic heterocycles. The maximum absolute atomic E-state index is 13.1.